The van der Waals surface area contributed by atoms with Crippen LogP contribution in [0.1, 0.15) is 55.2 Å². The molecule has 0 bridgehead atoms. The molecular weight excluding hydrogens is 604 g/mol. The van der Waals surface area contributed by atoms with Crippen LogP contribution in [0.2, 0.25) is 0 Å². The number of benzene rings is 2. The first-order chi connectivity index (χ1) is 21.4. The van der Waals surface area contributed by atoms with Gasteiger partial charge in [0, 0.05) is 72.4 Å². The first-order valence-electron chi connectivity index (χ1n) is 15.2. The molecule has 0 spiro atoms. The van der Waals surface area contributed by atoms with Crippen molar-refractivity contribution >= 4 is 33.1 Å². The fourth-order valence-electron chi connectivity index (χ4n) is 6.46. The molecule has 1 unspecified atom stereocenters. The standard InChI is InChI=1S/C31H39F2N7O4S/c1-19(26-5-4-8-34-26)35-27-16-22(39-9-11-44-12-10-39)6-7-24(27)30(41)36-29-25-17-40(18-31(2,3)28(25)37-38-29)45(42,43)23-14-20(32)13-21(33)15-23/h6-7,13-16,19,26,34-35H,4-5,8-12,17-18H2,1-3H3,(H2,36,37,38,41)/t19-,26?/m1/s1. The molecule has 2 fully saturated rings. The summed E-state index contributed by atoms with van der Waals surface area (Å²) in [5.41, 5.74) is 2.51. The van der Waals surface area contributed by atoms with E-state index in [0.717, 1.165) is 54.6 Å². The molecule has 0 radical (unpaired) electrons. The second-order valence-corrected chi connectivity index (χ2v) is 14.5. The molecule has 2 atom stereocenters. The number of hydrogen-bond donors (Lipinski definition) is 4. The van der Waals surface area contributed by atoms with Crippen molar-refractivity contribution in [3.63, 3.8) is 0 Å². The first-order valence-corrected chi connectivity index (χ1v) is 16.7. The number of hydrogen-bond acceptors (Lipinski definition) is 8. The Kier molecular flexibility index (Phi) is 8.59. The average molecular weight is 644 g/mol. The van der Waals surface area contributed by atoms with Crippen molar-refractivity contribution < 1.29 is 26.7 Å². The molecule has 4 N–H and O–H groups in total. The highest BCUT2D eigenvalue weighted by molar-refractivity contribution is 7.89. The van der Waals surface area contributed by atoms with Gasteiger partial charge in [0.2, 0.25) is 10.0 Å². The summed E-state index contributed by atoms with van der Waals surface area (Å²) in [6.45, 7) is 9.41. The third-order valence-corrected chi connectivity index (χ3v) is 10.6. The van der Waals surface area contributed by atoms with Crippen LogP contribution in [0.3, 0.4) is 0 Å². The van der Waals surface area contributed by atoms with Crippen LogP contribution in [0.15, 0.2) is 41.3 Å². The Bertz CT molecular complexity index is 1660. The van der Waals surface area contributed by atoms with Gasteiger partial charge in [-0.05, 0) is 56.6 Å². The number of rotatable bonds is 8. The molecule has 2 saturated heterocycles. The van der Waals surface area contributed by atoms with Crippen molar-refractivity contribution in [1.82, 2.24) is 19.8 Å². The Morgan fingerprint density at radius 3 is 2.56 bits per heavy atom. The fraction of sp³-hybridized carbons (Fsp3) is 0.484. The summed E-state index contributed by atoms with van der Waals surface area (Å²) in [6, 6.07) is 8.25. The maximum absolute atomic E-state index is 14.0. The Hall–Kier alpha value is -3.59. The zero-order valence-corrected chi connectivity index (χ0v) is 26.4. The number of aromatic amines is 1. The van der Waals surface area contributed by atoms with Gasteiger partial charge in [-0.25, -0.2) is 17.2 Å². The van der Waals surface area contributed by atoms with Crippen molar-refractivity contribution in [2.45, 2.75) is 62.6 Å². The molecule has 0 saturated carbocycles. The minimum atomic E-state index is -4.27. The van der Waals surface area contributed by atoms with Gasteiger partial charge in [0.25, 0.3) is 5.91 Å². The summed E-state index contributed by atoms with van der Waals surface area (Å²) in [7, 11) is -4.27. The number of carbonyl (C=O) groups excluding carboxylic acids is 1. The SMILES string of the molecule is C[C@@H](Nc1cc(N2CCOCC2)ccc1C(=O)Nc1n[nH]c2c1CN(S(=O)(=O)c1cc(F)cc(F)c1)CC2(C)C)C1CCCN1. The quantitative estimate of drug-likeness (QED) is 0.292. The maximum atomic E-state index is 14.0. The zero-order valence-electron chi connectivity index (χ0n) is 25.6. The topological polar surface area (TPSA) is 132 Å². The lowest BCUT2D eigenvalue weighted by Crippen LogP contribution is -2.45. The van der Waals surface area contributed by atoms with Crippen LogP contribution >= 0.6 is 0 Å². The van der Waals surface area contributed by atoms with Crippen molar-refractivity contribution in [1.29, 1.82) is 0 Å². The summed E-state index contributed by atoms with van der Waals surface area (Å²) in [5, 5.41) is 17.3. The van der Waals surface area contributed by atoms with Gasteiger partial charge in [0.05, 0.1) is 23.7 Å². The second-order valence-electron chi connectivity index (χ2n) is 12.6. The monoisotopic (exact) mass is 643 g/mol. The van der Waals surface area contributed by atoms with E-state index in [1.54, 1.807) is 6.07 Å². The lowest BCUT2D eigenvalue weighted by molar-refractivity contribution is 0.102. The Balaban J connectivity index is 1.29. The molecule has 6 rings (SSSR count). The van der Waals surface area contributed by atoms with Gasteiger partial charge in [-0.1, -0.05) is 13.8 Å². The number of carbonyl (C=O) groups is 1. The molecule has 1 aromatic heterocycles. The molecule has 3 aliphatic rings. The number of amides is 1. The summed E-state index contributed by atoms with van der Waals surface area (Å²) in [5.74, 6) is -2.17. The van der Waals surface area contributed by atoms with Crippen LogP contribution in [-0.2, 0) is 26.7 Å². The number of morpholine rings is 1. The minimum Gasteiger partial charge on any atom is -0.380 e. The molecule has 3 aliphatic heterocycles. The Morgan fingerprint density at radius 2 is 1.87 bits per heavy atom. The fourth-order valence-corrected chi connectivity index (χ4v) is 8.07. The van der Waals surface area contributed by atoms with E-state index in [1.165, 1.54) is 0 Å². The average Bonchev–Trinajstić information content (AvgIpc) is 3.68. The number of nitrogens with zero attached hydrogens (tertiary/aromatic N) is 3. The third-order valence-electron chi connectivity index (χ3n) is 8.86. The maximum Gasteiger partial charge on any atom is 0.258 e. The van der Waals surface area contributed by atoms with Crippen molar-refractivity contribution in [3.05, 3.63) is 64.9 Å². The summed E-state index contributed by atoms with van der Waals surface area (Å²) < 4.78 is 61.7. The number of halogens is 2. The largest absolute Gasteiger partial charge is 0.380 e. The van der Waals surface area contributed by atoms with Gasteiger partial charge < -0.3 is 25.6 Å². The molecule has 11 nitrogen and oxygen atoms in total. The lowest BCUT2D eigenvalue weighted by Gasteiger charge is -2.36. The summed E-state index contributed by atoms with van der Waals surface area (Å²) in [6.07, 6.45) is 2.13. The van der Waals surface area contributed by atoms with E-state index in [0.29, 0.717) is 41.8 Å². The van der Waals surface area contributed by atoms with Crippen molar-refractivity contribution in [2.24, 2.45) is 0 Å². The molecule has 3 aromatic rings. The van der Waals surface area contributed by atoms with Crippen LogP contribution < -0.4 is 20.9 Å². The predicted molar refractivity (Wildman–Crippen MR) is 167 cm³/mol. The minimum absolute atomic E-state index is 0.0419. The van der Waals surface area contributed by atoms with E-state index in [-0.39, 0.29) is 31.0 Å². The van der Waals surface area contributed by atoms with Crippen LogP contribution in [-0.4, -0.2) is 80.3 Å². The van der Waals surface area contributed by atoms with E-state index in [9.17, 15) is 22.0 Å². The van der Waals surface area contributed by atoms with Gasteiger partial charge in [-0.15, -0.1) is 0 Å². The van der Waals surface area contributed by atoms with Gasteiger partial charge in [-0.3, -0.25) is 9.89 Å². The Labute approximate surface area is 261 Å². The molecule has 0 aliphatic carbocycles. The van der Waals surface area contributed by atoms with Gasteiger partial charge in [0.1, 0.15) is 11.6 Å². The second kappa shape index (κ2) is 12.3. The molecule has 45 heavy (non-hydrogen) atoms. The molecule has 4 heterocycles. The normalized spacial score (nSPS) is 20.9. The number of sulfonamides is 1. The number of fused-ring (bicyclic) bond motifs is 1. The number of anilines is 3. The number of H-pyrrole nitrogens is 1. The first kappa shape index (κ1) is 31.4. The molecule has 242 valence electrons. The van der Waals surface area contributed by atoms with Gasteiger partial charge in [0.15, 0.2) is 5.82 Å². The highest BCUT2D eigenvalue weighted by Gasteiger charge is 2.41. The highest BCUT2D eigenvalue weighted by Crippen LogP contribution is 2.38. The number of nitrogens with one attached hydrogen (secondary N) is 4. The smallest absolute Gasteiger partial charge is 0.258 e. The number of ether oxygens (including phenoxy) is 1. The van der Waals surface area contributed by atoms with E-state index >= 15 is 0 Å². The molecule has 1 amide bonds. The van der Waals surface area contributed by atoms with E-state index in [2.05, 4.69) is 38.0 Å². The van der Waals surface area contributed by atoms with Gasteiger partial charge in [-0.2, -0.15) is 9.40 Å². The van der Waals surface area contributed by atoms with Crippen LogP contribution in [0.4, 0.5) is 26.0 Å². The van der Waals surface area contributed by atoms with E-state index in [4.69, 9.17) is 4.74 Å². The number of aromatic nitrogens is 2. The Morgan fingerprint density at radius 1 is 1.13 bits per heavy atom. The van der Waals surface area contributed by atoms with E-state index in [1.807, 2.05) is 26.0 Å². The molecule has 2 aromatic carbocycles. The van der Waals surface area contributed by atoms with Crippen LogP contribution in [0.5, 0.6) is 0 Å². The van der Waals surface area contributed by atoms with Crippen molar-refractivity contribution in [3.8, 4) is 0 Å². The van der Waals surface area contributed by atoms with Crippen molar-refractivity contribution in [2.75, 3.05) is 54.9 Å². The molecular formula is C31H39F2N7O4S. The third kappa shape index (κ3) is 6.41. The predicted octanol–water partition coefficient (Wildman–Crippen LogP) is 3.81. The van der Waals surface area contributed by atoms with Gasteiger partial charge >= 0.3 is 0 Å². The molecule has 14 heteroatoms. The van der Waals surface area contributed by atoms with E-state index < -0.39 is 37.9 Å². The summed E-state index contributed by atoms with van der Waals surface area (Å²) >= 11 is 0. The lowest BCUT2D eigenvalue weighted by atomic mass is 9.84. The highest BCUT2D eigenvalue weighted by atomic mass is 32.2. The zero-order chi connectivity index (χ0) is 31.9. The van der Waals surface area contributed by atoms with Crippen LogP contribution in [0, 0.1) is 11.6 Å². The summed E-state index contributed by atoms with van der Waals surface area (Å²) in [4.78, 5) is 15.6. The van der Waals surface area contributed by atoms with Crippen LogP contribution in [0.25, 0.3) is 0 Å².